The first kappa shape index (κ1) is 92.2. The highest BCUT2D eigenvalue weighted by Crippen LogP contribution is 2.38. The Morgan fingerprint density at radius 2 is 0.594 bits per heavy atom. The van der Waals surface area contributed by atoms with E-state index in [1.165, 1.54) is 193 Å². The van der Waals surface area contributed by atoms with Crippen LogP contribution in [0, 0.1) is 0 Å². The van der Waals surface area contributed by atoms with Crippen LogP contribution in [0.15, 0.2) is 134 Å². The first-order valence-corrected chi connectivity index (χ1v) is 41.4. The van der Waals surface area contributed by atoms with Gasteiger partial charge in [0.1, 0.15) is 19.8 Å². The summed E-state index contributed by atoms with van der Waals surface area (Å²) in [6, 6.07) is 0. The minimum absolute atomic E-state index is 0.0375. The summed E-state index contributed by atoms with van der Waals surface area (Å²) in [6.07, 6.45) is 110. The number of quaternary nitrogens is 1. The van der Waals surface area contributed by atoms with E-state index in [4.69, 9.17) is 18.5 Å². The smallest absolute Gasteiger partial charge is 0.306 e. The van der Waals surface area contributed by atoms with Crippen molar-refractivity contribution in [2.75, 3.05) is 47.5 Å². The predicted molar refractivity (Wildman–Crippen MR) is 415 cm³/mol. The van der Waals surface area contributed by atoms with Crippen LogP contribution < -0.4 is 4.89 Å². The van der Waals surface area contributed by atoms with Crippen LogP contribution in [-0.2, 0) is 32.7 Å². The van der Waals surface area contributed by atoms with Crippen molar-refractivity contribution in [3.8, 4) is 0 Å². The van der Waals surface area contributed by atoms with Crippen molar-refractivity contribution in [3.05, 3.63) is 134 Å². The van der Waals surface area contributed by atoms with Crippen LogP contribution in [0.25, 0.3) is 0 Å². The summed E-state index contributed by atoms with van der Waals surface area (Å²) < 4.78 is 34.4. The molecule has 2 atom stereocenters. The van der Waals surface area contributed by atoms with E-state index in [1.54, 1.807) is 0 Å². The van der Waals surface area contributed by atoms with Crippen LogP contribution in [-0.4, -0.2) is 70.0 Å². The minimum Gasteiger partial charge on any atom is -0.756 e. The SMILES string of the molecule is CC/C=C\C/C=C\C/C=C\C/C=C\C/C=C\C/C=C\C/C=C\C/C=C\C/C=C\C/C=C\C/C=C\CCCCCCCCCC(=O)OC(COC(=O)CCCCCCCCCCCCCCCCCCCCCCCCCCCCCCCCC)COP(=O)([O-])OCC[N+](C)(C)C. The third kappa shape index (κ3) is 79.1. The average Bonchev–Trinajstić information content (AvgIpc) is 2.54. The molecule has 0 saturated heterocycles. The highest BCUT2D eigenvalue weighted by molar-refractivity contribution is 7.45. The number of esters is 2. The van der Waals surface area contributed by atoms with Crippen LogP contribution in [0.4, 0.5) is 0 Å². The van der Waals surface area contributed by atoms with E-state index in [-0.39, 0.29) is 32.0 Å². The first-order valence-electron chi connectivity index (χ1n) is 39.9. The van der Waals surface area contributed by atoms with Crippen LogP contribution in [0.5, 0.6) is 0 Å². The lowest BCUT2D eigenvalue weighted by molar-refractivity contribution is -0.870. The normalized spacial score (nSPS) is 13.8. The fourth-order valence-corrected chi connectivity index (χ4v) is 11.9. The second-order valence-electron chi connectivity index (χ2n) is 27.7. The van der Waals surface area contributed by atoms with Gasteiger partial charge in [-0.2, -0.15) is 0 Å². The molecular weight excluding hydrogens is 1210 g/mol. The van der Waals surface area contributed by atoms with Crippen LogP contribution in [0.2, 0.25) is 0 Å². The van der Waals surface area contributed by atoms with Gasteiger partial charge in [0.05, 0.1) is 27.7 Å². The average molecular weight is 1360 g/mol. The number of ether oxygens (including phenoxy) is 2. The first-order chi connectivity index (χ1) is 47.0. The van der Waals surface area contributed by atoms with Gasteiger partial charge in [0.25, 0.3) is 7.82 Å². The molecule has 0 bridgehead atoms. The molecule has 2 unspecified atom stereocenters. The number of phosphoric ester groups is 1. The molecule has 0 heterocycles. The summed E-state index contributed by atoms with van der Waals surface area (Å²) in [5.74, 6) is -0.839. The molecule has 0 aliphatic carbocycles. The quantitative estimate of drug-likeness (QED) is 0.0195. The minimum atomic E-state index is -4.66. The largest absolute Gasteiger partial charge is 0.756 e. The number of rotatable bonds is 73. The Hall–Kier alpha value is -3.85. The summed E-state index contributed by atoms with van der Waals surface area (Å²) in [5.41, 5.74) is 0. The second-order valence-corrected chi connectivity index (χ2v) is 29.1. The fourth-order valence-electron chi connectivity index (χ4n) is 11.1. The molecule has 0 aromatic heterocycles. The third-order valence-corrected chi connectivity index (χ3v) is 18.1. The Kier molecular flexibility index (Phi) is 72.3. The Morgan fingerprint density at radius 1 is 0.333 bits per heavy atom. The summed E-state index contributed by atoms with van der Waals surface area (Å²) in [7, 11) is 1.16. The zero-order valence-corrected chi connectivity index (χ0v) is 63.9. The molecule has 0 fully saturated rings. The van der Waals surface area contributed by atoms with E-state index in [1.807, 2.05) is 21.1 Å². The van der Waals surface area contributed by atoms with E-state index < -0.39 is 26.5 Å². The Labute approximate surface area is 593 Å². The predicted octanol–water partition coefficient (Wildman–Crippen LogP) is 26.1. The van der Waals surface area contributed by atoms with Gasteiger partial charge in [0, 0.05) is 12.8 Å². The van der Waals surface area contributed by atoms with Gasteiger partial charge in [-0.3, -0.25) is 14.2 Å². The molecule has 96 heavy (non-hydrogen) atoms. The monoisotopic (exact) mass is 1360 g/mol. The van der Waals surface area contributed by atoms with Crippen molar-refractivity contribution < 1.29 is 42.1 Å². The van der Waals surface area contributed by atoms with Gasteiger partial charge < -0.3 is 27.9 Å². The molecule has 0 spiro atoms. The third-order valence-electron chi connectivity index (χ3n) is 17.2. The van der Waals surface area contributed by atoms with Gasteiger partial charge in [-0.05, 0) is 96.3 Å². The Balaban J connectivity index is 4.05. The van der Waals surface area contributed by atoms with Crippen molar-refractivity contribution in [2.45, 2.75) is 354 Å². The number of hydrogen-bond donors (Lipinski definition) is 0. The topological polar surface area (TPSA) is 111 Å². The van der Waals surface area contributed by atoms with Crippen LogP contribution in [0.3, 0.4) is 0 Å². The second kappa shape index (κ2) is 75.4. The lowest BCUT2D eigenvalue weighted by Gasteiger charge is -2.28. The van der Waals surface area contributed by atoms with Crippen molar-refractivity contribution in [2.24, 2.45) is 0 Å². The van der Waals surface area contributed by atoms with Gasteiger partial charge in [0.15, 0.2) is 6.10 Å². The number of nitrogens with zero attached hydrogens (tertiary/aromatic N) is 1. The maximum atomic E-state index is 12.9. The number of unbranched alkanes of at least 4 members (excludes halogenated alkanes) is 37. The number of hydrogen-bond acceptors (Lipinski definition) is 8. The van der Waals surface area contributed by atoms with E-state index in [9.17, 15) is 19.0 Å². The molecule has 0 aliphatic rings. The number of carbonyl (C=O) groups excluding carboxylic acids is 2. The highest BCUT2D eigenvalue weighted by Gasteiger charge is 2.22. The summed E-state index contributed by atoms with van der Waals surface area (Å²) in [5, 5.41) is 0. The van der Waals surface area contributed by atoms with Crippen molar-refractivity contribution in [1.82, 2.24) is 0 Å². The van der Waals surface area contributed by atoms with Crippen molar-refractivity contribution in [1.29, 1.82) is 0 Å². The van der Waals surface area contributed by atoms with E-state index in [0.29, 0.717) is 17.4 Å². The van der Waals surface area contributed by atoms with Crippen LogP contribution >= 0.6 is 7.82 Å². The molecule has 0 radical (unpaired) electrons. The summed E-state index contributed by atoms with van der Waals surface area (Å²) >= 11 is 0. The standard InChI is InChI=1S/C86H150NO8P/c1-6-8-10-12-14-16-18-20-22-24-26-28-30-32-34-36-38-39-40-41-42-43-44-45-46-47-49-51-53-55-57-59-61-63-65-67-69-71-73-75-77-79-86(89)95-84(83-94-96(90,91)93-81-80-87(3,4)5)82-92-85(88)78-76-74-72-70-68-66-64-62-60-58-56-54-52-50-48-37-35-33-31-29-27-25-23-21-19-17-15-13-11-9-7-2/h8,10,14,16,20,22,26,28,32,34,38-39,41-42,44-45,47,49,53,55,59,61,84H,6-7,9,11-13,15,17-19,21,23-25,27,29-31,33,35-37,40,43,46,48,50-52,54,56-58,60,62-83H2,1-5H3/b10-8-,16-14-,22-20-,28-26-,34-32-,39-38-,42-41-,45-44-,49-47-,55-53-,61-59-. The zero-order valence-electron chi connectivity index (χ0n) is 63.0. The maximum absolute atomic E-state index is 12.9. The van der Waals surface area contributed by atoms with Crippen molar-refractivity contribution >= 4 is 19.8 Å². The van der Waals surface area contributed by atoms with E-state index in [0.717, 1.165) is 122 Å². The van der Waals surface area contributed by atoms with Gasteiger partial charge in [-0.25, -0.2) is 0 Å². The molecule has 0 saturated carbocycles. The zero-order chi connectivity index (χ0) is 69.7. The molecule has 0 amide bonds. The molecule has 0 aromatic rings. The fraction of sp³-hybridized carbons (Fsp3) is 0.721. The molecular formula is C86H150NO8P. The molecule has 552 valence electrons. The maximum Gasteiger partial charge on any atom is 0.306 e. The molecule has 9 nitrogen and oxygen atoms in total. The van der Waals surface area contributed by atoms with Gasteiger partial charge in [-0.15, -0.1) is 0 Å². The van der Waals surface area contributed by atoms with Gasteiger partial charge in [0.2, 0.25) is 0 Å². The summed E-state index contributed by atoms with van der Waals surface area (Å²) in [6.45, 7) is 4.15. The van der Waals surface area contributed by atoms with Crippen LogP contribution in [0.1, 0.15) is 348 Å². The van der Waals surface area contributed by atoms with Crippen molar-refractivity contribution in [3.63, 3.8) is 0 Å². The number of likely N-dealkylation sites (N-methyl/N-ethyl adjacent to an activating group) is 1. The lowest BCUT2D eigenvalue weighted by atomic mass is 10.0. The van der Waals surface area contributed by atoms with Gasteiger partial charge >= 0.3 is 11.9 Å². The molecule has 10 heteroatoms. The Morgan fingerprint density at radius 3 is 0.885 bits per heavy atom. The van der Waals surface area contributed by atoms with E-state index >= 15 is 0 Å². The lowest BCUT2D eigenvalue weighted by Crippen LogP contribution is -2.37. The number of phosphoric acid groups is 1. The number of carbonyl (C=O) groups is 2. The summed E-state index contributed by atoms with van der Waals surface area (Å²) in [4.78, 5) is 38.2. The number of allylic oxidation sites excluding steroid dienone is 22. The molecule has 0 aromatic carbocycles. The van der Waals surface area contributed by atoms with Gasteiger partial charge in [-0.1, -0.05) is 372 Å². The molecule has 0 aliphatic heterocycles. The molecule has 0 N–H and O–H groups in total. The van der Waals surface area contributed by atoms with E-state index in [2.05, 4.69) is 148 Å². The highest BCUT2D eigenvalue weighted by atomic mass is 31.2. The Bertz CT molecular complexity index is 2090. The molecule has 0 rings (SSSR count).